The number of aromatic nitrogens is 2. The molecular formula is C23H26N4O. The lowest BCUT2D eigenvalue weighted by molar-refractivity contribution is 0.101. The minimum atomic E-state index is 0.0510. The van der Waals surface area contributed by atoms with E-state index in [9.17, 15) is 4.79 Å². The van der Waals surface area contributed by atoms with Crippen molar-refractivity contribution in [2.24, 2.45) is 0 Å². The number of Topliss-reactive ketones (excluding diaryl/α,β-unsaturated/α-hetero) is 1. The zero-order valence-electron chi connectivity index (χ0n) is 17.0. The van der Waals surface area contributed by atoms with Crippen molar-refractivity contribution in [1.29, 1.82) is 0 Å². The van der Waals surface area contributed by atoms with E-state index in [-0.39, 0.29) is 5.78 Å². The first-order chi connectivity index (χ1) is 13.3. The summed E-state index contributed by atoms with van der Waals surface area (Å²) in [6.07, 6.45) is 0. The molecule has 2 N–H and O–H groups in total. The van der Waals surface area contributed by atoms with Crippen LogP contribution in [-0.4, -0.2) is 15.8 Å². The Bertz CT molecular complexity index is 994. The maximum atomic E-state index is 11.4. The summed E-state index contributed by atoms with van der Waals surface area (Å²) in [6, 6.07) is 15.6. The molecule has 0 unspecified atom stereocenters. The molecular weight excluding hydrogens is 348 g/mol. The Balaban J connectivity index is 1.87. The third kappa shape index (κ3) is 4.55. The first kappa shape index (κ1) is 19.5. The number of nitrogens with one attached hydrogen (secondary N) is 2. The normalized spacial score (nSPS) is 10.8. The highest BCUT2D eigenvalue weighted by molar-refractivity contribution is 5.94. The van der Waals surface area contributed by atoms with Crippen molar-refractivity contribution < 1.29 is 4.79 Å². The van der Waals surface area contributed by atoms with E-state index >= 15 is 0 Å². The van der Waals surface area contributed by atoms with Crippen LogP contribution in [0.25, 0.3) is 0 Å². The van der Waals surface area contributed by atoms with Gasteiger partial charge in [0.2, 0.25) is 0 Å². The first-order valence-electron chi connectivity index (χ1n) is 9.43. The fraction of sp³-hybridized carbons (Fsp3) is 0.261. The van der Waals surface area contributed by atoms with E-state index in [1.807, 2.05) is 25.1 Å². The van der Waals surface area contributed by atoms with Crippen LogP contribution in [0, 0.1) is 13.8 Å². The standard InChI is InChI=1S/C23H26N4O/c1-14(2)20-8-6-7-15(3)23(20)27-22-13-21(24-17(5)25-22)26-19-11-9-18(10-12-19)16(4)28/h6-14H,1-5H3,(H2,24,25,26,27). The van der Waals surface area contributed by atoms with Crippen LogP contribution in [0.3, 0.4) is 0 Å². The number of para-hydroxylation sites is 1. The SMILES string of the molecule is CC(=O)c1ccc(Nc2cc(Nc3c(C)cccc3C(C)C)nc(C)n2)cc1. The number of rotatable bonds is 6. The Kier molecular flexibility index (Phi) is 5.73. The van der Waals surface area contributed by atoms with E-state index in [1.54, 1.807) is 19.1 Å². The first-order valence-corrected chi connectivity index (χ1v) is 9.43. The highest BCUT2D eigenvalue weighted by atomic mass is 16.1. The molecule has 0 atom stereocenters. The molecule has 0 amide bonds. The summed E-state index contributed by atoms with van der Waals surface area (Å²) >= 11 is 0. The van der Waals surface area contributed by atoms with Crippen molar-refractivity contribution in [3.05, 3.63) is 71.0 Å². The number of ketones is 1. The molecule has 3 rings (SSSR count). The van der Waals surface area contributed by atoms with Gasteiger partial charge >= 0.3 is 0 Å². The summed E-state index contributed by atoms with van der Waals surface area (Å²) in [5, 5.41) is 6.76. The predicted octanol–water partition coefficient (Wildman–Crippen LogP) is 5.91. The lowest BCUT2D eigenvalue weighted by Gasteiger charge is -2.17. The van der Waals surface area contributed by atoms with Crippen molar-refractivity contribution in [3.8, 4) is 0 Å². The van der Waals surface area contributed by atoms with Crippen LogP contribution in [0.15, 0.2) is 48.5 Å². The van der Waals surface area contributed by atoms with Crippen LogP contribution in [-0.2, 0) is 0 Å². The fourth-order valence-corrected chi connectivity index (χ4v) is 3.10. The third-order valence-electron chi connectivity index (χ3n) is 4.58. The average molecular weight is 374 g/mol. The summed E-state index contributed by atoms with van der Waals surface area (Å²) in [5.74, 6) is 2.57. The van der Waals surface area contributed by atoms with Crippen molar-refractivity contribution >= 4 is 28.8 Å². The van der Waals surface area contributed by atoms with Gasteiger partial charge in [-0.05, 0) is 62.1 Å². The Morgan fingerprint density at radius 2 is 1.57 bits per heavy atom. The number of carbonyl (C=O) groups excluding carboxylic acids is 1. The second-order valence-electron chi connectivity index (χ2n) is 7.26. The van der Waals surface area contributed by atoms with E-state index in [0.717, 1.165) is 17.2 Å². The summed E-state index contributed by atoms with van der Waals surface area (Å²) in [4.78, 5) is 20.5. The number of hydrogen-bond donors (Lipinski definition) is 2. The maximum absolute atomic E-state index is 11.4. The third-order valence-corrected chi connectivity index (χ3v) is 4.58. The highest BCUT2D eigenvalue weighted by Crippen LogP contribution is 2.30. The zero-order chi connectivity index (χ0) is 20.3. The molecule has 0 saturated heterocycles. The Labute approximate surface area is 166 Å². The van der Waals surface area contributed by atoms with Gasteiger partial charge in [-0.3, -0.25) is 4.79 Å². The molecule has 3 aromatic rings. The Hall–Kier alpha value is -3.21. The number of aryl methyl sites for hydroxylation is 2. The van der Waals surface area contributed by atoms with Gasteiger partial charge in [0, 0.05) is 23.0 Å². The van der Waals surface area contributed by atoms with Gasteiger partial charge in [0.15, 0.2) is 5.78 Å². The van der Waals surface area contributed by atoms with Crippen LogP contribution < -0.4 is 10.6 Å². The molecule has 0 aliphatic rings. The molecule has 1 aromatic heterocycles. The molecule has 144 valence electrons. The zero-order valence-corrected chi connectivity index (χ0v) is 17.0. The smallest absolute Gasteiger partial charge is 0.159 e. The quantitative estimate of drug-likeness (QED) is 0.525. The lowest BCUT2D eigenvalue weighted by atomic mass is 9.98. The Morgan fingerprint density at radius 3 is 2.18 bits per heavy atom. The van der Waals surface area contributed by atoms with E-state index < -0.39 is 0 Å². The number of nitrogens with zero attached hydrogens (tertiary/aromatic N) is 2. The number of benzene rings is 2. The monoisotopic (exact) mass is 374 g/mol. The highest BCUT2D eigenvalue weighted by Gasteiger charge is 2.11. The molecule has 28 heavy (non-hydrogen) atoms. The summed E-state index contributed by atoms with van der Waals surface area (Å²) in [5.41, 5.74) is 5.08. The van der Waals surface area contributed by atoms with Gasteiger partial charge < -0.3 is 10.6 Å². The van der Waals surface area contributed by atoms with Crippen LogP contribution in [0.5, 0.6) is 0 Å². The van der Waals surface area contributed by atoms with Crippen LogP contribution >= 0.6 is 0 Å². The molecule has 2 aromatic carbocycles. The van der Waals surface area contributed by atoms with Crippen LogP contribution in [0.1, 0.15) is 54.0 Å². The van der Waals surface area contributed by atoms with Gasteiger partial charge in [-0.2, -0.15) is 0 Å². The second kappa shape index (κ2) is 8.21. The van der Waals surface area contributed by atoms with Gasteiger partial charge in [0.05, 0.1) is 0 Å². The molecule has 0 aliphatic heterocycles. The van der Waals surface area contributed by atoms with Gasteiger partial charge in [-0.1, -0.05) is 32.0 Å². The summed E-state index contributed by atoms with van der Waals surface area (Å²) in [7, 11) is 0. The molecule has 0 fully saturated rings. The van der Waals surface area contributed by atoms with Crippen molar-refractivity contribution in [2.75, 3.05) is 10.6 Å². The summed E-state index contributed by atoms with van der Waals surface area (Å²) in [6.45, 7) is 9.89. The van der Waals surface area contributed by atoms with E-state index in [4.69, 9.17) is 0 Å². The maximum Gasteiger partial charge on any atom is 0.159 e. The van der Waals surface area contributed by atoms with E-state index in [2.05, 4.69) is 59.6 Å². The number of hydrogen-bond acceptors (Lipinski definition) is 5. The lowest BCUT2D eigenvalue weighted by Crippen LogP contribution is -2.05. The molecule has 5 heteroatoms. The van der Waals surface area contributed by atoms with Crippen molar-refractivity contribution in [1.82, 2.24) is 9.97 Å². The minimum absolute atomic E-state index is 0.0510. The predicted molar refractivity (Wildman–Crippen MR) is 115 cm³/mol. The molecule has 0 bridgehead atoms. The van der Waals surface area contributed by atoms with E-state index in [0.29, 0.717) is 23.1 Å². The Morgan fingerprint density at radius 1 is 0.929 bits per heavy atom. The summed E-state index contributed by atoms with van der Waals surface area (Å²) < 4.78 is 0. The number of anilines is 4. The minimum Gasteiger partial charge on any atom is -0.340 e. The molecule has 0 aliphatic carbocycles. The molecule has 0 saturated carbocycles. The van der Waals surface area contributed by atoms with Crippen LogP contribution in [0.4, 0.5) is 23.0 Å². The fourth-order valence-electron chi connectivity index (χ4n) is 3.10. The van der Waals surface area contributed by atoms with Crippen molar-refractivity contribution in [2.45, 2.75) is 40.5 Å². The molecule has 5 nitrogen and oxygen atoms in total. The largest absolute Gasteiger partial charge is 0.340 e. The molecule has 1 heterocycles. The van der Waals surface area contributed by atoms with Crippen molar-refractivity contribution in [3.63, 3.8) is 0 Å². The van der Waals surface area contributed by atoms with E-state index in [1.165, 1.54) is 11.1 Å². The van der Waals surface area contributed by atoms with Gasteiger partial charge in [-0.25, -0.2) is 9.97 Å². The molecule has 0 radical (unpaired) electrons. The average Bonchev–Trinajstić information content (AvgIpc) is 2.63. The molecule has 0 spiro atoms. The van der Waals surface area contributed by atoms with Gasteiger partial charge in [-0.15, -0.1) is 0 Å². The van der Waals surface area contributed by atoms with Gasteiger partial charge in [0.1, 0.15) is 17.5 Å². The van der Waals surface area contributed by atoms with Crippen LogP contribution in [0.2, 0.25) is 0 Å². The second-order valence-corrected chi connectivity index (χ2v) is 7.26. The number of carbonyl (C=O) groups is 1. The topological polar surface area (TPSA) is 66.9 Å². The van der Waals surface area contributed by atoms with Gasteiger partial charge in [0.25, 0.3) is 0 Å².